The van der Waals surface area contributed by atoms with E-state index in [4.69, 9.17) is 0 Å². The molecule has 0 bridgehead atoms. The van der Waals surface area contributed by atoms with E-state index >= 15 is 0 Å². The molecule has 21 heavy (non-hydrogen) atoms. The lowest BCUT2D eigenvalue weighted by molar-refractivity contribution is -0.118. The number of hydrogen-bond acceptors (Lipinski definition) is 2. The average Bonchev–Trinajstić information content (AvgIpc) is 2.66. The highest BCUT2D eigenvalue weighted by atomic mass is 19.1. The molecule has 3 nitrogen and oxygen atoms in total. The predicted octanol–water partition coefficient (Wildman–Crippen LogP) is 3.50. The number of hydrogen-bond donors (Lipinski definition) is 0. The third-order valence-corrected chi connectivity index (χ3v) is 4.08. The number of rotatable bonds is 3. The van der Waals surface area contributed by atoms with Crippen molar-refractivity contribution in [2.75, 3.05) is 6.54 Å². The molecule has 0 saturated carbocycles. The monoisotopic (exact) mass is 291 g/mol. The second kappa shape index (κ2) is 6.83. The molecule has 4 heteroatoms. The Morgan fingerprint density at radius 2 is 2.05 bits per heavy atom. The third-order valence-electron chi connectivity index (χ3n) is 4.08. The number of amides is 1. The van der Waals surface area contributed by atoms with Crippen LogP contribution in [0, 0.1) is 12.7 Å². The molecule has 2 rings (SSSR count). The van der Waals surface area contributed by atoms with Crippen LogP contribution in [0.25, 0.3) is 0 Å². The minimum absolute atomic E-state index is 0.0538. The van der Waals surface area contributed by atoms with Crippen LogP contribution >= 0.6 is 0 Å². The Bertz CT molecular complexity index is 542. The summed E-state index contributed by atoms with van der Waals surface area (Å²) in [5, 5.41) is 0. The maximum Gasteiger partial charge on any atom is 0.254 e. The van der Waals surface area contributed by atoms with Gasteiger partial charge in [0, 0.05) is 24.6 Å². The van der Waals surface area contributed by atoms with E-state index in [0.717, 1.165) is 25.7 Å². The molecule has 1 saturated heterocycles. The Morgan fingerprint density at radius 3 is 2.71 bits per heavy atom. The minimum Gasteiger partial charge on any atom is -0.335 e. The summed E-state index contributed by atoms with van der Waals surface area (Å²) in [6, 6.07) is 4.53. The first kappa shape index (κ1) is 15.7. The van der Waals surface area contributed by atoms with Crippen LogP contribution in [0.3, 0.4) is 0 Å². The molecular formula is C17H22FNO2. The summed E-state index contributed by atoms with van der Waals surface area (Å²) in [5.74, 6) is -0.435. The number of carbonyl (C=O) groups is 2. The molecule has 1 amide bonds. The highest BCUT2D eigenvalue weighted by molar-refractivity contribution is 5.94. The van der Waals surface area contributed by atoms with Crippen LogP contribution in [-0.2, 0) is 4.79 Å². The number of aryl methyl sites for hydroxylation is 1. The van der Waals surface area contributed by atoms with Gasteiger partial charge in [-0.3, -0.25) is 9.59 Å². The summed E-state index contributed by atoms with van der Waals surface area (Å²) in [5.41, 5.74) is 0.899. The van der Waals surface area contributed by atoms with Crippen molar-refractivity contribution in [3.63, 3.8) is 0 Å². The van der Waals surface area contributed by atoms with Crippen molar-refractivity contribution in [1.29, 1.82) is 0 Å². The normalized spacial score (nSPS) is 19.2. The van der Waals surface area contributed by atoms with Crippen molar-refractivity contribution in [3.8, 4) is 0 Å². The van der Waals surface area contributed by atoms with E-state index in [9.17, 15) is 14.0 Å². The van der Waals surface area contributed by atoms with Crippen molar-refractivity contribution in [2.24, 2.45) is 0 Å². The first-order chi connectivity index (χ1) is 9.99. The number of nitrogens with zero attached hydrogens (tertiary/aromatic N) is 1. The van der Waals surface area contributed by atoms with E-state index < -0.39 is 0 Å². The summed E-state index contributed by atoms with van der Waals surface area (Å²) in [6.45, 7) is 3.87. The summed E-state index contributed by atoms with van der Waals surface area (Å²) in [7, 11) is 0. The van der Waals surface area contributed by atoms with Gasteiger partial charge in [0.25, 0.3) is 5.91 Å². The maximum atomic E-state index is 13.7. The fourth-order valence-electron chi connectivity index (χ4n) is 2.88. The topological polar surface area (TPSA) is 37.4 Å². The van der Waals surface area contributed by atoms with Gasteiger partial charge in [-0.1, -0.05) is 18.9 Å². The van der Waals surface area contributed by atoms with Crippen LogP contribution in [0.1, 0.15) is 54.9 Å². The zero-order chi connectivity index (χ0) is 15.4. The van der Waals surface area contributed by atoms with Gasteiger partial charge in [-0.05, 0) is 44.4 Å². The summed E-state index contributed by atoms with van der Waals surface area (Å²) in [6.07, 6.45) is 4.28. The van der Waals surface area contributed by atoms with Gasteiger partial charge in [-0.15, -0.1) is 0 Å². The van der Waals surface area contributed by atoms with Gasteiger partial charge in [-0.2, -0.15) is 0 Å². The molecule has 1 atom stereocenters. The van der Waals surface area contributed by atoms with Crippen LogP contribution in [0.5, 0.6) is 0 Å². The molecule has 1 aromatic carbocycles. The van der Waals surface area contributed by atoms with E-state index in [-0.39, 0.29) is 23.5 Å². The SMILES string of the molecule is CC(=O)CC1CCCCCN1C(=O)c1ccc(C)c(F)c1. The van der Waals surface area contributed by atoms with Gasteiger partial charge in [-0.25, -0.2) is 4.39 Å². The number of benzene rings is 1. The van der Waals surface area contributed by atoms with Gasteiger partial charge in [0.1, 0.15) is 11.6 Å². The molecule has 114 valence electrons. The lowest BCUT2D eigenvalue weighted by Gasteiger charge is -2.29. The Kier molecular flexibility index (Phi) is 5.10. The van der Waals surface area contributed by atoms with E-state index in [2.05, 4.69) is 0 Å². The molecule has 1 aliphatic rings. The minimum atomic E-state index is -0.362. The number of carbonyl (C=O) groups excluding carboxylic acids is 2. The molecule has 1 aromatic rings. The van der Waals surface area contributed by atoms with E-state index in [0.29, 0.717) is 24.1 Å². The maximum absolute atomic E-state index is 13.7. The molecule has 0 spiro atoms. The Labute approximate surface area is 125 Å². The van der Waals surface area contributed by atoms with Gasteiger partial charge in [0.15, 0.2) is 0 Å². The van der Waals surface area contributed by atoms with E-state index in [1.807, 2.05) is 0 Å². The van der Waals surface area contributed by atoms with Crippen molar-refractivity contribution < 1.29 is 14.0 Å². The molecule has 0 N–H and O–H groups in total. The molecule has 0 aromatic heterocycles. The third kappa shape index (κ3) is 3.90. The highest BCUT2D eigenvalue weighted by Gasteiger charge is 2.27. The van der Waals surface area contributed by atoms with Gasteiger partial charge >= 0.3 is 0 Å². The van der Waals surface area contributed by atoms with Crippen LogP contribution in [0.15, 0.2) is 18.2 Å². The number of halogens is 1. The zero-order valence-electron chi connectivity index (χ0n) is 12.7. The second-order valence-electron chi connectivity index (χ2n) is 5.87. The van der Waals surface area contributed by atoms with Crippen molar-refractivity contribution in [1.82, 2.24) is 4.90 Å². The Morgan fingerprint density at radius 1 is 1.29 bits per heavy atom. The summed E-state index contributed by atoms with van der Waals surface area (Å²) in [4.78, 5) is 25.8. The predicted molar refractivity (Wildman–Crippen MR) is 79.7 cm³/mol. The molecule has 1 heterocycles. The molecule has 1 fully saturated rings. The van der Waals surface area contributed by atoms with Crippen LogP contribution in [0.4, 0.5) is 4.39 Å². The first-order valence-electron chi connectivity index (χ1n) is 7.55. The molecule has 0 aliphatic carbocycles. The fourth-order valence-corrected chi connectivity index (χ4v) is 2.88. The quantitative estimate of drug-likeness (QED) is 0.854. The molecule has 1 unspecified atom stereocenters. The lowest BCUT2D eigenvalue weighted by atomic mass is 10.0. The van der Waals surface area contributed by atoms with Gasteiger partial charge in [0.2, 0.25) is 0 Å². The zero-order valence-corrected chi connectivity index (χ0v) is 12.7. The van der Waals surface area contributed by atoms with Gasteiger partial charge < -0.3 is 4.90 Å². The Balaban J connectivity index is 2.23. The first-order valence-corrected chi connectivity index (χ1v) is 7.55. The van der Waals surface area contributed by atoms with Gasteiger partial charge in [0.05, 0.1) is 0 Å². The highest BCUT2D eigenvalue weighted by Crippen LogP contribution is 2.22. The Hall–Kier alpha value is -1.71. The average molecular weight is 291 g/mol. The van der Waals surface area contributed by atoms with Crippen LogP contribution in [-0.4, -0.2) is 29.2 Å². The number of ketones is 1. The lowest BCUT2D eigenvalue weighted by Crippen LogP contribution is -2.41. The number of Topliss-reactive ketones (excluding diaryl/α,β-unsaturated/α-hetero) is 1. The summed E-state index contributed by atoms with van der Waals surface area (Å²) < 4.78 is 13.7. The molecule has 1 aliphatic heterocycles. The fraction of sp³-hybridized carbons (Fsp3) is 0.529. The largest absolute Gasteiger partial charge is 0.335 e. The standard InChI is InChI=1S/C17H22FNO2/c1-12-7-8-14(11-16(12)18)17(21)19-9-5-3-4-6-15(19)10-13(2)20/h7-8,11,15H,3-6,9-10H2,1-2H3. The van der Waals surface area contributed by atoms with Crippen LogP contribution in [0.2, 0.25) is 0 Å². The molecular weight excluding hydrogens is 269 g/mol. The van der Waals surface area contributed by atoms with Crippen molar-refractivity contribution >= 4 is 11.7 Å². The second-order valence-corrected chi connectivity index (χ2v) is 5.87. The molecule has 0 radical (unpaired) electrons. The van der Waals surface area contributed by atoms with E-state index in [1.165, 1.54) is 6.07 Å². The summed E-state index contributed by atoms with van der Waals surface area (Å²) >= 11 is 0. The van der Waals surface area contributed by atoms with Crippen molar-refractivity contribution in [3.05, 3.63) is 35.1 Å². The van der Waals surface area contributed by atoms with Crippen molar-refractivity contribution in [2.45, 2.75) is 52.0 Å². The van der Waals surface area contributed by atoms with E-state index in [1.54, 1.807) is 30.9 Å². The van der Waals surface area contributed by atoms with Crippen LogP contribution < -0.4 is 0 Å². The number of likely N-dealkylation sites (tertiary alicyclic amines) is 1. The smallest absolute Gasteiger partial charge is 0.254 e.